The Morgan fingerprint density at radius 1 is 1.06 bits per heavy atom. The summed E-state index contributed by atoms with van der Waals surface area (Å²) in [5.74, 6) is 2.47. The number of hydrogen-bond acceptors (Lipinski definition) is 6. The van der Waals surface area contributed by atoms with Crippen molar-refractivity contribution in [3.05, 3.63) is 108 Å². The summed E-state index contributed by atoms with van der Waals surface area (Å²) < 4.78 is 7.90. The van der Waals surface area contributed by atoms with Crippen molar-refractivity contribution in [1.29, 1.82) is 0 Å². The van der Waals surface area contributed by atoms with Crippen molar-refractivity contribution in [3.8, 4) is 11.4 Å². The van der Waals surface area contributed by atoms with Crippen molar-refractivity contribution in [1.82, 2.24) is 24.6 Å². The summed E-state index contributed by atoms with van der Waals surface area (Å²) in [5, 5.41) is 10.5. The number of halogens is 1. The first kappa shape index (κ1) is 24.0. The predicted molar refractivity (Wildman–Crippen MR) is 137 cm³/mol. The summed E-state index contributed by atoms with van der Waals surface area (Å²) >= 11 is 7.95. The summed E-state index contributed by atoms with van der Waals surface area (Å²) in [7, 11) is 2.06. The van der Waals surface area contributed by atoms with Crippen LogP contribution in [0.5, 0.6) is 5.75 Å². The van der Waals surface area contributed by atoms with Gasteiger partial charge in [-0.1, -0.05) is 60.3 Å². The number of ether oxygens (including phenoxy) is 1. The smallest absolute Gasteiger partial charge is 0.196 e. The van der Waals surface area contributed by atoms with Crippen molar-refractivity contribution in [2.75, 3.05) is 13.7 Å². The molecule has 4 rings (SSSR count). The van der Waals surface area contributed by atoms with Crippen LogP contribution in [0, 0.1) is 0 Å². The third-order valence-corrected chi connectivity index (χ3v) is 6.30. The van der Waals surface area contributed by atoms with Crippen LogP contribution in [0.25, 0.3) is 5.69 Å². The summed E-state index contributed by atoms with van der Waals surface area (Å²) in [6.07, 6.45) is 5.35. The summed E-state index contributed by atoms with van der Waals surface area (Å²) in [5.41, 5.74) is 3.22. The molecule has 0 atom stereocenters. The Bertz CT molecular complexity index is 1230. The fourth-order valence-electron chi connectivity index (χ4n) is 3.51. The van der Waals surface area contributed by atoms with Crippen molar-refractivity contribution >= 4 is 23.4 Å². The van der Waals surface area contributed by atoms with Gasteiger partial charge in [0.2, 0.25) is 0 Å². The zero-order chi connectivity index (χ0) is 23.8. The van der Waals surface area contributed by atoms with E-state index in [4.69, 9.17) is 16.3 Å². The molecule has 0 amide bonds. The van der Waals surface area contributed by atoms with E-state index in [1.807, 2.05) is 54.6 Å². The number of nitrogens with zero attached hydrogens (tertiary/aromatic N) is 5. The SMILES string of the molecule is C=CCOc1ccccc1CN(C)Cc1nnc(SCc2ccncc2)n1-c1cccc(Cl)c1. The van der Waals surface area contributed by atoms with E-state index >= 15 is 0 Å². The summed E-state index contributed by atoms with van der Waals surface area (Å²) in [6.45, 7) is 5.52. The molecule has 174 valence electrons. The van der Waals surface area contributed by atoms with Gasteiger partial charge in [-0.05, 0) is 49.0 Å². The molecule has 0 spiro atoms. The van der Waals surface area contributed by atoms with E-state index in [2.05, 4.69) is 44.3 Å². The van der Waals surface area contributed by atoms with Gasteiger partial charge in [0.15, 0.2) is 11.0 Å². The van der Waals surface area contributed by atoms with E-state index in [1.54, 1.807) is 30.2 Å². The van der Waals surface area contributed by atoms with Gasteiger partial charge < -0.3 is 4.74 Å². The number of hydrogen-bond donors (Lipinski definition) is 0. The van der Waals surface area contributed by atoms with Gasteiger partial charge in [0.1, 0.15) is 12.4 Å². The molecular formula is C26H26ClN5OS. The molecule has 34 heavy (non-hydrogen) atoms. The maximum Gasteiger partial charge on any atom is 0.196 e. The molecular weight excluding hydrogens is 466 g/mol. The first-order valence-corrected chi connectivity index (χ1v) is 12.2. The van der Waals surface area contributed by atoms with Crippen LogP contribution in [-0.4, -0.2) is 38.3 Å². The van der Waals surface area contributed by atoms with E-state index in [-0.39, 0.29) is 0 Å². The van der Waals surface area contributed by atoms with Gasteiger partial charge in [0, 0.05) is 35.3 Å². The summed E-state index contributed by atoms with van der Waals surface area (Å²) in [4.78, 5) is 6.29. The highest BCUT2D eigenvalue weighted by molar-refractivity contribution is 7.98. The van der Waals surface area contributed by atoms with Gasteiger partial charge in [-0.25, -0.2) is 0 Å². The molecule has 0 bridgehead atoms. The second-order valence-corrected chi connectivity index (χ2v) is 9.12. The first-order valence-electron chi connectivity index (χ1n) is 10.9. The Morgan fingerprint density at radius 3 is 2.68 bits per heavy atom. The average molecular weight is 492 g/mol. The van der Waals surface area contributed by atoms with Gasteiger partial charge in [0.05, 0.1) is 12.2 Å². The zero-order valence-corrected chi connectivity index (χ0v) is 20.5. The highest BCUT2D eigenvalue weighted by Gasteiger charge is 2.17. The molecule has 0 unspecified atom stereocenters. The highest BCUT2D eigenvalue weighted by Crippen LogP contribution is 2.27. The topological polar surface area (TPSA) is 56.1 Å². The molecule has 6 nitrogen and oxygen atoms in total. The maximum atomic E-state index is 6.31. The predicted octanol–water partition coefficient (Wildman–Crippen LogP) is 5.80. The van der Waals surface area contributed by atoms with Gasteiger partial charge in [-0.15, -0.1) is 10.2 Å². The van der Waals surface area contributed by atoms with Crippen molar-refractivity contribution in [2.24, 2.45) is 0 Å². The largest absolute Gasteiger partial charge is 0.489 e. The normalized spacial score (nSPS) is 11.0. The monoisotopic (exact) mass is 491 g/mol. The molecule has 0 fully saturated rings. The van der Waals surface area contributed by atoms with E-state index < -0.39 is 0 Å². The third-order valence-electron chi connectivity index (χ3n) is 5.06. The molecule has 0 saturated carbocycles. The minimum atomic E-state index is 0.474. The fraction of sp³-hybridized carbons (Fsp3) is 0.192. The quantitative estimate of drug-likeness (QED) is 0.195. The van der Waals surface area contributed by atoms with E-state index in [9.17, 15) is 0 Å². The second kappa shape index (κ2) is 11.8. The van der Waals surface area contributed by atoms with Gasteiger partial charge in [-0.3, -0.25) is 14.5 Å². The Morgan fingerprint density at radius 2 is 1.88 bits per heavy atom. The lowest BCUT2D eigenvalue weighted by Gasteiger charge is -2.19. The Labute approximate surface area is 209 Å². The number of para-hydroxylation sites is 1. The standard InChI is InChI=1S/C26H26ClN5OS/c1-3-15-33-24-10-5-4-7-21(24)17-31(2)18-25-29-30-26(34-19-20-11-13-28-14-12-20)32(25)23-9-6-8-22(27)16-23/h3-14,16H,1,15,17-19H2,2H3. The maximum absolute atomic E-state index is 6.31. The minimum absolute atomic E-state index is 0.474. The molecule has 8 heteroatoms. The number of aromatic nitrogens is 4. The average Bonchev–Trinajstić information content (AvgIpc) is 3.25. The number of benzene rings is 2. The number of rotatable bonds is 11. The molecule has 4 aromatic rings. The lowest BCUT2D eigenvalue weighted by Crippen LogP contribution is -2.20. The van der Waals surface area contributed by atoms with Gasteiger partial charge >= 0.3 is 0 Å². The molecule has 0 aliphatic carbocycles. The molecule has 0 N–H and O–H groups in total. The van der Waals surface area contributed by atoms with E-state index in [0.29, 0.717) is 24.7 Å². The van der Waals surface area contributed by atoms with Crippen LogP contribution < -0.4 is 4.74 Å². The van der Waals surface area contributed by atoms with Crippen LogP contribution in [0.1, 0.15) is 17.0 Å². The van der Waals surface area contributed by atoms with Crippen molar-refractivity contribution in [3.63, 3.8) is 0 Å². The third kappa shape index (κ3) is 6.26. The highest BCUT2D eigenvalue weighted by atomic mass is 35.5. The molecule has 0 saturated heterocycles. The van der Waals surface area contributed by atoms with Crippen LogP contribution in [-0.2, 0) is 18.8 Å². The van der Waals surface area contributed by atoms with Crippen LogP contribution in [0.4, 0.5) is 0 Å². The number of pyridine rings is 1. The first-order chi connectivity index (χ1) is 16.6. The lowest BCUT2D eigenvalue weighted by molar-refractivity contribution is 0.295. The van der Waals surface area contributed by atoms with Crippen LogP contribution in [0.2, 0.25) is 5.02 Å². The molecule has 0 aliphatic rings. The van der Waals surface area contributed by atoms with Gasteiger partial charge in [0.25, 0.3) is 0 Å². The summed E-state index contributed by atoms with van der Waals surface area (Å²) in [6, 6.07) is 19.8. The van der Waals surface area contributed by atoms with Crippen LogP contribution >= 0.6 is 23.4 Å². The van der Waals surface area contributed by atoms with Crippen LogP contribution in [0.3, 0.4) is 0 Å². The fourth-order valence-corrected chi connectivity index (χ4v) is 4.62. The minimum Gasteiger partial charge on any atom is -0.489 e. The molecule has 0 radical (unpaired) electrons. The Kier molecular flexibility index (Phi) is 8.36. The van der Waals surface area contributed by atoms with Crippen molar-refractivity contribution in [2.45, 2.75) is 24.0 Å². The van der Waals surface area contributed by atoms with Crippen molar-refractivity contribution < 1.29 is 4.74 Å². The second-order valence-electron chi connectivity index (χ2n) is 7.74. The molecule has 2 aromatic carbocycles. The lowest BCUT2D eigenvalue weighted by atomic mass is 10.2. The number of thioether (sulfide) groups is 1. The molecule has 2 aromatic heterocycles. The van der Waals surface area contributed by atoms with E-state index in [0.717, 1.165) is 33.7 Å². The van der Waals surface area contributed by atoms with E-state index in [1.165, 1.54) is 5.56 Å². The van der Waals surface area contributed by atoms with Gasteiger partial charge in [-0.2, -0.15) is 0 Å². The zero-order valence-electron chi connectivity index (χ0n) is 19.0. The Balaban J connectivity index is 1.56. The molecule has 2 heterocycles. The molecule has 0 aliphatic heterocycles. The Hall–Kier alpha value is -3.13. The van der Waals surface area contributed by atoms with Crippen LogP contribution in [0.15, 0.2) is 90.9 Å².